The number of para-hydroxylation sites is 2. The highest BCUT2D eigenvalue weighted by Crippen LogP contribution is 2.21. The number of nitrogens with zero attached hydrogens (tertiary/aromatic N) is 1. The zero-order valence-corrected chi connectivity index (χ0v) is 15.8. The molecular formula is C22H21ClN2O2. The smallest absolute Gasteiger partial charge is 0.128 e. The Morgan fingerprint density at radius 1 is 0.889 bits per heavy atom. The summed E-state index contributed by atoms with van der Waals surface area (Å²) >= 11 is 6.19. The molecule has 5 heteroatoms. The van der Waals surface area contributed by atoms with Gasteiger partial charge in [-0.25, -0.2) is 0 Å². The van der Waals surface area contributed by atoms with Gasteiger partial charge in [0.2, 0.25) is 0 Å². The quantitative estimate of drug-likeness (QED) is 0.439. The fourth-order valence-corrected chi connectivity index (χ4v) is 2.77. The number of hydrogen-bond donors (Lipinski definition) is 1. The van der Waals surface area contributed by atoms with Crippen LogP contribution < -0.4 is 14.9 Å². The minimum Gasteiger partial charge on any atom is -0.496 e. The summed E-state index contributed by atoms with van der Waals surface area (Å²) in [4.78, 5) is 0. The maximum absolute atomic E-state index is 6.19. The molecule has 0 bridgehead atoms. The van der Waals surface area contributed by atoms with Crippen molar-refractivity contribution in [2.75, 3.05) is 7.11 Å². The van der Waals surface area contributed by atoms with Crippen LogP contribution in [0.3, 0.4) is 0 Å². The van der Waals surface area contributed by atoms with Crippen LogP contribution in [0.15, 0.2) is 77.9 Å². The van der Waals surface area contributed by atoms with Crippen LogP contribution >= 0.6 is 11.6 Å². The van der Waals surface area contributed by atoms with Gasteiger partial charge in [0.15, 0.2) is 0 Å². The maximum atomic E-state index is 6.19. The van der Waals surface area contributed by atoms with Crippen molar-refractivity contribution in [2.45, 2.75) is 13.2 Å². The summed E-state index contributed by atoms with van der Waals surface area (Å²) in [6, 6.07) is 23.3. The van der Waals surface area contributed by atoms with Crippen molar-refractivity contribution in [3.05, 3.63) is 94.5 Å². The van der Waals surface area contributed by atoms with Crippen LogP contribution in [0, 0.1) is 0 Å². The van der Waals surface area contributed by atoms with E-state index in [4.69, 9.17) is 21.1 Å². The lowest BCUT2D eigenvalue weighted by atomic mass is 10.2. The van der Waals surface area contributed by atoms with E-state index in [1.54, 1.807) is 13.3 Å². The van der Waals surface area contributed by atoms with E-state index in [0.29, 0.717) is 18.2 Å². The lowest BCUT2D eigenvalue weighted by molar-refractivity contribution is 0.306. The van der Waals surface area contributed by atoms with Crippen molar-refractivity contribution < 1.29 is 9.47 Å². The van der Waals surface area contributed by atoms with E-state index in [0.717, 1.165) is 28.2 Å². The Morgan fingerprint density at radius 2 is 1.56 bits per heavy atom. The van der Waals surface area contributed by atoms with E-state index < -0.39 is 0 Å². The first-order chi connectivity index (χ1) is 13.3. The molecule has 0 unspecified atom stereocenters. The number of nitrogens with one attached hydrogen (secondary N) is 1. The molecule has 1 N–H and O–H groups in total. The minimum absolute atomic E-state index is 0.402. The Bertz CT molecular complexity index is 912. The molecule has 0 atom stereocenters. The topological polar surface area (TPSA) is 42.8 Å². The molecule has 27 heavy (non-hydrogen) atoms. The Kier molecular flexibility index (Phi) is 6.72. The molecule has 0 radical (unpaired) electrons. The van der Waals surface area contributed by atoms with E-state index in [1.807, 2.05) is 72.8 Å². The van der Waals surface area contributed by atoms with Gasteiger partial charge >= 0.3 is 0 Å². The molecule has 0 saturated carbocycles. The van der Waals surface area contributed by atoms with Gasteiger partial charge in [-0.1, -0.05) is 60.1 Å². The molecule has 0 saturated heterocycles. The standard InChI is InChI=1S/C22H21ClN2O2/c1-26-21-12-6-3-8-17(21)14-24-25-15-18-9-4-7-13-22(18)27-16-19-10-2-5-11-20(19)23/h2-13,15,24H,14,16H2,1H3/b25-15-. The third-order valence-electron chi connectivity index (χ3n) is 4.02. The van der Waals surface area contributed by atoms with Crippen molar-refractivity contribution in [3.63, 3.8) is 0 Å². The summed E-state index contributed by atoms with van der Waals surface area (Å²) in [6.07, 6.45) is 1.75. The van der Waals surface area contributed by atoms with Crippen molar-refractivity contribution >= 4 is 17.8 Å². The van der Waals surface area contributed by atoms with Gasteiger partial charge in [0, 0.05) is 21.7 Å². The van der Waals surface area contributed by atoms with Crippen LogP contribution in [0.2, 0.25) is 5.02 Å². The Balaban J connectivity index is 1.62. The van der Waals surface area contributed by atoms with Gasteiger partial charge in [0.1, 0.15) is 18.1 Å². The molecule has 0 aliphatic heterocycles. The van der Waals surface area contributed by atoms with Crippen LogP contribution in [-0.4, -0.2) is 13.3 Å². The van der Waals surface area contributed by atoms with E-state index >= 15 is 0 Å². The van der Waals surface area contributed by atoms with Crippen molar-refractivity contribution in [2.24, 2.45) is 5.10 Å². The van der Waals surface area contributed by atoms with Crippen LogP contribution in [0.1, 0.15) is 16.7 Å². The summed E-state index contributed by atoms with van der Waals surface area (Å²) in [7, 11) is 1.66. The molecule has 3 rings (SSSR count). The predicted octanol–water partition coefficient (Wildman–Crippen LogP) is 5.05. The van der Waals surface area contributed by atoms with E-state index in [1.165, 1.54) is 0 Å². The number of benzene rings is 3. The predicted molar refractivity (Wildman–Crippen MR) is 110 cm³/mol. The van der Waals surface area contributed by atoms with Crippen LogP contribution in [-0.2, 0) is 13.2 Å². The molecule has 0 fully saturated rings. The van der Waals surface area contributed by atoms with Gasteiger partial charge in [-0.3, -0.25) is 0 Å². The summed E-state index contributed by atoms with van der Waals surface area (Å²) in [5.74, 6) is 1.59. The zero-order chi connectivity index (χ0) is 18.9. The Hall–Kier alpha value is -2.98. The monoisotopic (exact) mass is 380 g/mol. The lowest BCUT2D eigenvalue weighted by Crippen LogP contribution is -2.07. The van der Waals surface area contributed by atoms with Crippen LogP contribution in [0.4, 0.5) is 0 Å². The number of ether oxygens (including phenoxy) is 2. The Labute approximate surface area is 164 Å². The van der Waals surface area contributed by atoms with Gasteiger partial charge in [0.25, 0.3) is 0 Å². The molecule has 0 spiro atoms. The average Bonchev–Trinajstić information content (AvgIpc) is 2.71. The van der Waals surface area contributed by atoms with Gasteiger partial charge in [-0.15, -0.1) is 0 Å². The molecule has 0 amide bonds. The molecule has 0 heterocycles. The maximum Gasteiger partial charge on any atom is 0.128 e. The fourth-order valence-electron chi connectivity index (χ4n) is 2.58. The van der Waals surface area contributed by atoms with E-state index in [9.17, 15) is 0 Å². The van der Waals surface area contributed by atoms with Crippen molar-refractivity contribution in [3.8, 4) is 11.5 Å². The second-order valence-electron chi connectivity index (χ2n) is 5.82. The van der Waals surface area contributed by atoms with Gasteiger partial charge in [-0.05, 0) is 24.3 Å². The van der Waals surface area contributed by atoms with Crippen molar-refractivity contribution in [1.82, 2.24) is 5.43 Å². The molecule has 3 aromatic rings. The molecule has 3 aromatic carbocycles. The fraction of sp³-hybridized carbons (Fsp3) is 0.136. The molecule has 4 nitrogen and oxygen atoms in total. The normalized spacial score (nSPS) is 10.7. The summed E-state index contributed by atoms with van der Waals surface area (Å²) in [6.45, 7) is 0.975. The first-order valence-corrected chi connectivity index (χ1v) is 8.99. The van der Waals surface area contributed by atoms with Crippen LogP contribution in [0.5, 0.6) is 11.5 Å². The number of methoxy groups -OCH3 is 1. The number of hydrogen-bond acceptors (Lipinski definition) is 4. The highest BCUT2D eigenvalue weighted by molar-refractivity contribution is 6.31. The highest BCUT2D eigenvalue weighted by Gasteiger charge is 2.04. The third-order valence-corrected chi connectivity index (χ3v) is 4.39. The summed E-state index contributed by atoms with van der Waals surface area (Å²) < 4.78 is 11.3. The molecule has 0 aromatic heterocycles. The number of halogens is 1. The lowest BCUT2D eigenvalue weighted by Gasteiger charge is -2.10. The Morgan fingerprint density at radius 3 is 2.33 bits per heavy atom. The third kappa shape index (κ3) is 5.25. The average molecular weight is 381 g/mol. The second-order valence-corrected chi connectivity index (χ2v) is 6.23. The van der Waals surface area contributed by atoms with Gasteiger partial charge < -0.3 is 14.9 Å². The van der Waals surface area contributed by atoms with E-state index in [-0.39, 0.29) is 0 Å². The molecule has 0 aliphatic rings. The van der Waals surface area contributed by atoms with E-state index in [2.05, 4.69) is 10.5 Å². The molecule has 138 valence electrons. The second kappa shape index (κ2) is 9.64. The summed E-state index contributed by atoms with van der Waals surface area (Å²) in [5, 5.41) is 5.01. The molecule has 0 aliphatic carbocycles. The largest absolute Gasteiger partial charge is 0.496 e. The van der Waals surface area contributed by atoms with Crippen molar-refractivity contribution in [1.29, 1.82) is 0 Å². The summed E-state index contributed by atoms with van der Waals surface area (Å²) in [5.41, 5.74) is 5.92. The SMILES string of the molecule is COc1ccccc1CN/N=C\c1ccccc1OCc1ccccc1Cl. The minimum atomic E-state index is 0.402. The van der Waals surface area contributed by atoms with Gasteiger partial charge in [0.05, 0.1) is 19.9 Å². The highest BCUT2D eigenvalue weighted by atomic mass is 35.5. The van der Waals surface area contributed by atoms with Gasteiger partial charge in [-0.2, -0.15) is 5.10 Å². The number of rotatable bonds is 8. The van der Waals surface area contributed by atoms with Crippen LogP contribution in [0.25, 0.3) is 0 Å². The molecular weight excluding hydrogens is 360 g/mol. The first kappa shape index (κ1) is 18.8. The number of hydrazone groups is 1. The zero-order valence-electron chi connectivity index (χ0n) is 15.1. The first-order valence-electron chi connectivity index (χ1n) is 8.61.